The molecule has 0 saturated heterocycles. The quantitative estimate of drug-likeness (QED) is 0.789. The number of nitrogens with one attached hydrogen (secondary N) is 1. The summed E-state index contributed by atoms with van der Waals surface area (Å²) in [5.74, 6) is -0.274. The zero-order valence-corrected chi connectivity index (χ0v) is 8.37. The molecule has 1 atom stereocenters. The van der Waals surface area contributed by atoms with Gasteiger partial charge < -0.3 is 5.73 Å². The van der Waals surface area contributed by atoms with E-state index in [2.05, 4.69) is 10.2 Å². The van der Waals surface area contributed by atoms with Gasteiger partial charge in [0, 0.05) is 17.2 Å². The van der Waals surface area contributed by atoms with Gasteiger partial charge in [0.05, 0.1) is 11.9 Å². The lowest BCUT2D eigenvalue weighted by molar-refractivity contribution is 0.630. The zero-order chi connectivity index (χ0) is 10.8. The monoisotopic (exact) mass is 205 g/mol. The Hall–Kier alpha value is -1.68. The van der Waals surface area contributed by atoms with Crippen molar-refractivity contribution < 1.29 is 4.39 Å². The molecule has 78 valence electrons. The zero-order valence-electron chi connectivity index (χ0n) is 8.37. The number of rotatable bonds is 2. The van der Waals surface area contributed by atoms with Crippen LogP contribution in [0.2, 0.25) is 0 Å². The lowest BCUT2D eigenvalue weighted by Crippen LogP contribution is -2.05. The summed E-state index contributed by atoms with van der Waals surface area (Å²) in [6.07, 6.45) is 1.63. The predicted molar refractivity (Wildman–Crippen MR) is 56.6 cm³/mol. The Balaban J connectivity index is 2.55. The van der Waals surface area contributed by atoms with Crippen molar-refractivity contribution in [1.82, 2.24) is 10.2 Å². The fraction of sp³-hybridized carbons (Fsp3) is 0.182. The third kappa shape index (κ3) is 1.76. The van der Waals surface area contributed by atoms with Gasteiger partial charge in [0.15, 0.2) is 0 Å². The summed E-state index contributed by atoms with van der Waals surface area (Å²) in [6, 6.07) is 6.39. The van der Waals surface area contributed by atoms with Crippen molar-refractivity contribution in [3.05, 3.63) is 41.8 Å². The van der Waals surface area contributed by atoms with Crippen molar-refractivity contribution in [3.63, 3.8) is 0 Å². The molecular formula is C11H12FN3. The minimum atomic E-state index is -0.274. The van der Waals surface area contributed by atoms with Crippen LogP contribution >= 0.6 is 0 Å². The van der Waals surface area contributed by atoms with Crippen molar-refractivity contribution in [2.45, 2.75) is 13.0 Å². The number of H-pyrrole nitrogens is 1. The Bertz CT molecular complexity index is 462. The molecule has 15 heavy (non-hydrogen) atoms. The summed E-state index contributed by atoms with van der Waals surface area (Å²) >= 11 is 0. The summed E-state index contributed by atoms with van der Waals surface area (Å²) in [5, 5.41) is 6.66. The Kier molecular flexibility index (Phi) is 2.51. The molecule has 0 bridgehead atoms. The van der Waals surface area contributed by atoms with E-state index in [9.17, 15) is 4.39 Å². The molecule has 2 rings (SSSR count). The van der Waals surface area contributed by atoms with Crippen LogP contribution in [0.15, 0.2) is 30.5 Å². The Morgan fingerprint density at radius 1 is 1.40 bits per heavy atom. The molecule has 0 saturated carbocycles. The highest BCUT2D eigenvalue weighted by molar-refractivity contribution is 5.63. The minimum Gasteiger partial charge on any atom is -0.324 e. The number of nitrogens with two attached hydrogens (primary N) is 1. The normalized spacial score (nSPS) is 12.7. The number of hydrogen-bond acceptors (Lipinski definition) is 2. The molecule has 1 heterocycles. The van der Waals surface area contributed by atoms with E-state index in [1.165, 1.54) is 6.07 Å². The average Bonchev–Trinajstić information content (AvgIpc) is 2.67. The highest BCUT2D eigenvalue weighted by Crippen LogP contribution is 2.26. The number of benzene rings is 1. The first-order valence-electron chi connectivity index (χ1n) is 4.74. The molecule has 3 nitrogen and oxygen atoms in total. The summed E-state index contributed by atoms with van der Waals surface area (Å²) < 4.78 is 13.5. The maximum atomic E-state index is 13.5. The van der Waals surface area contributed by atoms with Crippen LogP contribution in [0.5, 0.6) is 0 Å². The third-order valence-electron chi connectivity index (χ3n) is 2.30. The van der Waals surface area contributed by atoms with E-state index >= 15 is 0 Å². The van der Waals surface area contributed by atoms with E-state index in [-0.39, 0.29) is 11.9 Å². The van der Waals surface area contributed by atoms with Gasteiger partial charge in [-0.05, 0) is 19.1 Å². The molecule has 0 amide bonds. The van der Waals surface area contributed by atoms with Crippen molar-refractivity contribution in [3.8, 4) is 11.3 Å². The van der Waals surface area contributed by atoms with E-state index in [1.807, 2.05) is 6.92 Å². The van der Waals surface area contributed by atoms with Crippen LogP contribution < -0.4 is 5.73 Å². The summed E-state index contributed by atoms with van der Waals surface area (Å²) in [7, 11) is 0. The van der Waals surface area contributed by atoms with Crippen molar-refractivity contribution in [2.75, 3.05) is 0 Å². The summed E-state index contributed by atoms with van der Waals surface area (Å²) in [4.78, 5) is 0. The van der Waals surface area contributed by atoms with Gasteiger partial charge in [0.1, 0.15) is 5.82 Å². The molecule has 1 unspecified atom stereocenters. The van der Waals surface area contributed by atoms with Crippen LogP contribution in [0.1, 0.15) is 18.5 Å². The van der Waals surface area contributed by atoms with E-state index in [0.717, 1.165) is 5.56 Å². The standard InChI is InChI=1S/C11H12FN3/c1-7(13)9-6-14-15-11(9)8-4-2-3-5-10(8)12/h2-7H,13H2,1H3,(H,14,15). The smallest absolute Gasteiger partial charge is 0.132 e. The number of halogens is 1. The number of nitrogens with zero attached hydrogens (tertiary/aromatic N) is 1. The molecule has 0 fully saturated rings. The van der Waals surface area contributed by atoms with Gasteiger partial charge in [-0.1, -0.05) is 12.1 Å². The largest absolute Gasteiger partial charge is 0.324 e. The van der Waals surface area contributed by atoms with Crippen LogP contribution in [0.4, 0.5) is 4.39 Å². The topological polar surface area (TPSA) is 54.7 Å². The second kappa shape index (κ2) is 3.82. The maximum absolute atomic E-state index is 13.5. The molecule has 1 aromatic heterocycles. The third-order valence-corrected chi connectivity index (χ3v) is 2.30. The fourth-order valence-electron chi connectivity index (χ4n) is 1.52. The number of aromatic amines is 1. The van der Waals surface area contributed by atoms with Gasteiger partial charge in [-0.25, -0.2) is 4.39 Å². The Morgan fingerprint density at radius 3 is 2.80 bits per heavy atom. The second-order valence-electron chi connectivity index (χ2n) is 3.47. The summed E-state index contributed by atoms with van der Waals surface area (Å²) in [5.41, 5.74) is 7.74. The molecule has 0 aliphatic carbocycles. The molecular weight excluding hydrogens is 193 g/mol. The average molecular weight is 205 g/mol. The predicted octanol–water partition coefficient (Wildman–Crippen LogP) is 2.24. The first kappa shape index (κ1) is 9.86. The molecule has 2 aromatic rings. The first-order valence-corrected chi connectivity index (χ1v) is 4.74. The van der Waals surface area contributed by atoms with Gasteiger partial charge in [0.25, 0.3) is 0 Å². The number of aromatic nitrogens is 2. The van der Waals surface area contributed by atoms with Crippen LogP contribution in [-0.2, 0) is 0 Å². The van der Waals surface area contributed by atoms with Crippen molar-refractivity contribution >= 4 is 0 Å². The lowest BCUT2D eigenvalue weighted by Gasteiger charge is -2.06. The highest BCUT2D eigenvalue weighted by atomic mass is 19.1. The maximum Gasteiger partial charge on any atom is 0.132 e. The van der Waals surface area contributed by atoms with Crippen LogP contribution in [-0.4, -0.2) is 10.2 Å². The summed E-state index contributed by atoms with van der Waals surface area (Å²) in [6.45, 7) is 1.84. The minimum absolute atomic E-state index is 0.168. The molecule has 1 aromatic carbocycles. The van der Waals surface area contributed by atoms with E-state index in [1.54, 1.807) is 24.4 Å². The molecule has 0 radical (unpaired) electrons. The molecule has 3 N–H and O–H groups in total. The van der Waals surface area contributed by atoms with Crippen molar-refractivity contribution in [1.29, 1.82) is 0 Å². The van der Waals surface area contributed by atoms with E-state index in [4.69, 9.17) is 5.73 Å². The van der Waals surface area contributed by atoms with Gasteiger partial charge in [-0.15, -0.1) is 0 Å². The Morgan fingerprint density at radius 2 is 2.13 bits per heavy atom. The number of hydrogen-bond donors (Lipinski definition) is 2. The molecule has 0 aliphatic rings. The molecule has 0 aliphatic heterocycles. The van der Waals surface area contributed by atoms with Gasteiger partial charge >= 0.3 is 0 Å². The van der Waals surface area contributed by atoms with Crippen molar-refractivity contribution in [2.24, 2.45) is 5.73 Å². The van der Waals surface area contributed by atoms with Crippen LogP contribution in [0.25, 0.3) is 11.3 Å². The first-order chi connectivity index (χ1) is 7.20. The van der Waals surface area contributed by atoms with Gasteiger partial charge in [-0.2, -0.15) is 5.10 Å². The van der Waals surface area contributed by atoms with E-state index < -0.39 is 0 Å². The fourth-order valence-corrected chi connectivity index (χ4v) is 1.52. The SMILES string of the molecule is CC(N)c1cn[nH]c1-c1ccccc1F. The Labute approximate surface area is 87.1 Å². The molecule has 0 spiro atoms. The van der Waals surface area contributed by atoms with Gasteiger partial charge in [0.2, 0.25) is 0 Å². The van der Waals surface area contributed by atoms with Crippen LogP contribution in [0.3, 0.4) is 0 Å². The lowest BCUT2D eigenvalue weighted by atomic mass is 10.0. The van der Waals surface area contributed by atoms with Gasteiger partial charge in [-0.3, -0.25) is 5.10 Å². The second-order valence-corrected chi connectivity index (χ2v) is 3.47. The highest BCUT2D eigenvalue weighted by Gasteiger charge is 2.13. The van der Waals surface area contributed by atoms with E-state index in [0.29, 0.717) is 11.3 Å². The molecule has 4 heteroatoms. The van der Waals surface area contributed by atoms with Crippen LogP contribution in [0, 0.1) is 5.82 Å².